The highest BCUT2D eigenvalue weighted by molar-refractivity contribution is 5.29. The zero-order chi connectivity index (χ0) is 14.7. The van der Waals surface area contributed by atoms with E-state index in [0.717, 1.165) is 58.0 Å². The van der Waals surface area contributed by atoms with Crippen LogP contribution in [0.2, 0.25) is 0 Å². The van der Waals surface area contributed by atoms with Crippen LogP contribution in [0.4, 0.5) is 0 Å². The van der Waals surface area contributed by atoms with Gasteiger partial charge in [-0.2, -0.15) is 0 Å². The van der Waals surface area contributed by atoms with Crippen LogP contribution in [-0.4, -0.2) is 47.7 Å². The lowest BCUT2D eigenvalue weighted by Crippen LogP contribution is -2.39. The Morgan fingerprint density at radius 1 is 1.33 bits per heavy atom. The number of aryl methyl sites for hydroxylation is 1. The predicted molar refractivity (Wildman–Crippen MR) is 82.2 cm³/mol. The fraction of sp³-hybridized carbons (Fsp3) is 0.750. The number of hydrogen-bond donors (Lipinski definition) is 1. The molecule has 0 aliphatic carbocycles. The van der Waals surface area contributed by atoms with Crippen LogP contribution in [0, 0.1) is 0 Å². The lowest BCUT2D eigenvalue weighted by atomic mass is 10.0. The first-order valence-corrected chi connectivity index (χ1v) is 8.25. The average Bonchev–Trinajstić information content (AvgIpc) is 2.54. The molecule has 0 bridgehead atoms. The standard InChI is InChI=1S/C16H26N4O/c1-3-7-20-8-9-21-15(11-20)16-18-13(4-2)12-5-6-17-10-14(12)19-16/h15,17H,3-11H2,1-2H3. The Balaban J connectivity index is 1.84. The van der Waals surface area contributed by atoms with Crippen LogP contribution in [0.15, 0.2) is 0 Å². The van der Waals surface area contributed by atoms with Gasteiger partial charge in [-0.25, -0.2) is 9.97 Å². The van der Waals surface area contributed by atoms with Crippen LogP contribution in [0.5, 0.6) is 0 Å². The van der Waals surface area contributed by atoms with Crippen molar-refractivity contribution in [3.05, 3.63) is 22.8 Å². The van der Waals surface area contributed by atoms with Gasteiger partial charge >= 0.3 is 0 Å². The van der Waals surface area contributed by atoms with Crippen LogP contribution >= 0.6 is 0 Å². The number of ether oxygens (including phenoxy) is 1. The third-order valence-electron chi connectivity index (χ3n) is 4.35. The number of morpholine rings is 1. The second kappa shape index (κ2) is 6.81. The van der Waals surface area contributed by atoms with E-state index < -0.39 is 0 Å². The van der Waals surface area contributed by atoms with Gasteiger partial charge in [0, 0.05) is 25.3 Å². The largest absolute Gasteiger partial charge is 0.368 e. The molecule has 5 nitrogen and oxygen atoms in total. The highest BCUT2D eigenvalue weighted by atomic mass is 16.5. The molecule has 1 N–H and O–H groups in total. The Bertz CT molecular complexity index is 472. The Morgan fingerprint density at radius 2 is 2.24 bits per heavy atom. The summed E-state index contributed by atoms with van der Waals surface area (Å²) in [4.78, 5) is 12.1. The number of fused-ring (bicyclic) bond motifs is 1. The van der Waals surface area contributed by atoms with Gasteiger partial charge in [0.2, 0.25) is 0 Å². The molecular formula is C16H26N4O. The molecule has 0 saturated carbocycles. The van der Waals surface area contributed by atoms with E-state index in [4.69, 9.17) is 14.7 Å². The smallest absolute Gasteiger partial charge is 0.158 e. The van der Waals surface area contributed by atoms with Crippen LogP contribution in [-0.2, 0) is 24.1 Å². The van der Waals surface area contributed by atoms with Gasteiger partial charge in [0.1, 0.15) is 6.10 Å². The normalized spacial score (nSPS) is 23.0. The molecule has 1 aromatic heterocycles. The molecule has 1 saturated heterocycles. The summed E-state index contributed by atoms with van der Waals surface area (Å²) in [6.45, 7) is 10.2. The van der Waals surface area contributed by atoms with Crippen molar-refractivity contribution in [2.75, 3.05) is 32.8 Å². The van der Waals surface area contributed by atoms with Crippen LogP contribution in [0.1, 0.15) is 49.1 Å². The van der Waals surface area contributed by atoms with Gasteiger partial charge in [0.15, 0.2) is 5.82 Å². The lowest BCUT2D eigenvalue weighted by molar-refractivity contribution is -0.0344. The second-order valence-corrected chi connectivity index (χ2v) is 5.89. The Morgan fingerprint density at radius 3 is 3.05 bits per heavy atom. The molecule has 3 heterocycles. The molecule has 1 unspecified atom stereocenters. The third-order valence-corrected chi connectivity index (χ3v) is 4.35. The molecule has 0 aromatic carbocycles. The highest BCUT2D eigenvalue weighted by Crippen LogP contribution is 2.23. The van der Waals surface area contributed by atoms with E-state index in [1.54, 1.807) is 0 Å². The summed E-state index contributed by atoms with van der Waals surface area (Å²) < 4.78 is 5.94. The quantitative estimate of drug-likeness (QED) is 0.910. The first kappa shape index (κ1) is 14.9. The summed E-state index contributed by atoms with van der Waals surface area (Å²) in [7, 11) is 0. The maximum absolute atomic E-state index is 5.94. The van der Waals surface area contributed by atoms with Crippen molar-refractivity contribution in [2.24, 2.45) is 0 Å². The molecule has 2 aliphatic heterocycles. The van der Waals surface area contributed by atoms with Crippen LogP contribution in [0.3, 0.4) is 0 Å². The van der Waals surface area contributed by atoms with Crippen molar-refractivity contribution < 1.29 is 4.74 Å². The summed E-state index contributed by atoms with van der Waals surface area (Å²) in [6.07, 6.45) is 3.24. The van der Waals surface area contributed by atoms with Gasteiger partial charge in [0.25, 0.3) is 0 Å². The Kier molecular flexibility index (Phi) is 4.83. The van der Waals surface area contributed by atoms with E-state index in [1.807, 2.05) is 0 Å². The van der Waals surface area contributed by atoms with Crippen molar-refractivity contribution in [1.82, 2.24) is 20.2 Å². The summed E-state index contributed by atoms with van der Waals surface area (Å²) in [6, 6.07) is 0. The molecule has 5 heteroatoms. The molecule has 116 valence electrons. The maximum atomic E-state index is 5.94. The number of hydrogen-bond acceptors (Lipinski definition) is 5. The molecular weight excluding hydrogens is 264 g/mol. The van der Waals surface area contributed by atoms with Crippen molar-refractivity contribution in [3.8, 4) is 0 Å². The molecule has 3 rings (SSSR count). The van der Waals surface area contributed by atoms with Crippen LogP contribution < -0.4 is 5.32 Å². The molecule has 1 fully saturated rings. The topological polar surface area (TPSA) is 50.3 Å². The van der Waals surface area contributed by atoms with E-state index in [-0.39, 0.29) is 6.10 Å². The van der Waals surface area contributed by atoms with E-state index in [0.29, 0.717) is 0 Å². The minimum atomic E-state index is 0.0304. The lowest BCUT2D eigenvalue weighted by Gasteiger charge is -2.32. The van der Waals surface area contributed by atoms with E-state index in [2.05, 4.69) is 24.1 Å². The average molecular weight is 290 g/mol. The molecule has 21 heavy (non-hydrogen) atoms. The Hall–Kier alpha value is -1.04. The van der Waals surface area contributed by atoms with Gasteiger partial charge in [-0.3, -0.25) is 4.90 Å². The number of nitrogens with zero attached hydrogens (tertiary/aromatic N) is 3. The monoisotopic (exact) mass is 290 g/mol. The fourth-order valence-corrected chi connectivity index (χ4v) is 3.27. The maximum Gasteiger partial charge on any atom is 0.158 e. The molecule has 0 amide bonds. The van der Waals surface area contributed by atoms with Crippen molar-refractivity contribution in [3.63, 3.8) is 0 Å². The van der Waals surface area contributed by atoms with Gasteiger partial charge in [0.05, 0.1) is 12.3 Å². The summed E-state index contributed by atoms with van der Waals surface area (Å²) >= 11 is 0. The summed E-state index contributed by atoms with van der Waals surface area (Å²) in [5.74, 6) is 0.884. The first-order chi connectivity index (χ1) is 10.3. The van der Waals surface area contributed by atoms with Gasteiger partial charge in [-0.1, -0.05) is 13.8 Å². The van der Waals surface area contributed by atoms with Crippen LogP contribution in [0.25, 0.3) is 0 Å². The molecule has 0 radical (unpaired) electrons. The fourth-order valence-electron chi connectivity index (χ4n) is 3.27. The number of rotatable bonds is 4. The molecule has 1 aromatic rings. The Labute approximate surface area is 127 Å². The zero-order valence-electron chi connectivity index (χ0n) is 13.2. The first-order valence-electron chi connectivity index (χ1n) is 8.25. The minimum Gasteiger partial charge on any atom is -0.368 e. The molecule has 0 spiro atoms. The zero-order valence-corrected chi connectivity index (χ0v) is 13.2. The van der Waals surface area contributed by atoms with Crippen molar-refractivity contribution in [1.29, 1.82) is 0 Å². The molecule has 1 atom stereocenters. The van der Waals surface area contributed by atoms with Crippen molar-refractivity contribution in [2.45, 2.75) is 45.8 Å². The second-order valence-electron chi connectivity index (χ2n) is 5.89. The highest BCUT2D eigenvalue weighted by Gasteiger charge is 2.26. The van der Waals surface area contributed by atoms with E-state index in [1.165, 1.54) is 23.4 Å². The summed E-state index contributed by atoms with van der Waals surface area (Å²) in [5, 5.41) is 3.41. The van der Waals surface area contributed by atoms with E-state index >= 15 is 0 Å². The SMILES string of the molecule is CCCN1CCOC(c2nc(CC)c3c(n2)CNCC3)C1. The van der Waals surface area contributed by atoms with Gasteiger partial charge in [-0.05, 0) is 37.9 Å². The van der Waals surface area contributed by atoms with Gasteiger partial charge < -0.3 is 10.1 Å². The number of nitrogens with one attached hydrogen (secondary N) is 1. The minimum absolute atomic E-state index is 0.0304. The third kappa shape index (κ3) is 3.25. The van der Waals surface area contributed by atoms with Crippen molar-refractivity contribution >= 4 is 0 Å². The summed E-state index contributed by atoms with van der Waals surface area (Å²) in [5.41, 5.74) is 3.76. The molecule has 2 aliphatic rings. The number of aromatic nitrogens is 2. The van der Waals surface area contributed by atoms with E-state index in [9.17, 15) is 0 Å². The van der Waals surface area contributed by atoms with Gasteiger partial charge in [-0.15, -0.1) is 0 Å². The predicted octanol–water partition coefficient (Wildman–Crippen LogP) is 1.47.